The Morgan fingerprint density at radius 3 is 2.16 bits per heavy atom. The zero-order valence-electron chi connectivity index (χ0n) is 11.3. The van der Waals surface area contributed by atoms with E-state index < -0.39 is 21.7 Å². The number of carboxylic acids is 1. The van der Waals surface area contributed by atoms with Crippen molar-refractivity contribution in [2.24, 2.45) is 5.92 Å². The standard InChI is InChI=1S/C11H22N2O5S/c1-9(10(14)15)5-3-6-12-11(16)13-7-4-8-19(2,17)18/h9H,3-8H2,1-2H3,(H,14,15)(H2,12,13,16). The van der Waals surface area contributed by atoms with E-state index in [1.807, 2.05) is 0 Å². The summed E-state index contributed by atoms with van der Waals surface area (Å²) in [6, 6.07) is -0.364. The quantitative estimate of drug-likeness (QED) is 0.527. The second kappa shape index (κ2) is 8.73. The molecular formula is C11H22N2O5S. The average molecular weight is 294 g/mol. The predicted molar refractivity (Wildman–Crippen MR) is 71.8 cm³/mol. The van der Waals surface area contributed by atoms with Crippen LogP contribution >= 0.6 is 0 Å². The molecule has 0 rings (SSSR count). The van der Waals surface area contributed by atoms with E-state index in [0.29, 0.717) is 32.4 Å². The summed E-state index contributed by atoms with van der Waals surface area (Å²) in [6.07, 6.45) is 2.62. The minimum Gasteiger partial charge on any atom is -0.481 e. The van der Waals surface area contributed by atoms with Crippen LogP contribution in [0, 0.1) is 5.92 Å². The number of sulfone groups is 1. The van der Waals surface area contributed by atoms with Crippen molar-refractivity contribution < 1.29 is 23.1 Å². The molecule has 2 amide bonds. The lowest BCUT2D eigenvalue weighted by Gasteiger charge is -2.08. The Morgan fingerprint density at radius 2 is 1.68 bits per heavy atom. The molecule has 0 aromatic carbocycles. The molecule has 0 aliphatic rings. The number of nitrogens with one attached hydrogen (secondary N) is 2. The number of carbonyl (C=O) groups excluding carboxylic acids is 1. The maximum Gasteiger partial charge on any atom is 0.314 e. The van der Waals surface area contributed by atoms with Gasteiger partial charge in [-0.3, -0.25) is 4.79 Å². The van der Waals surface area contributed by atoms with Crippen LogP contribution in [0.4, 0.5) is 4.79 Å². The van der Waals surface area contributed by atoms with Crippen LogP contribution in [0.2, 0.25) is 0 Å². The van der Waals surface area contributed by atoms with Gasteiger partial charge in [0.25, 0.3) is 0 Å². The Kier molecular flexibility index (Phi) is 8.13. The number of hydrogen-bond acceptors (Lipinski definition) is 4. The van der Waals surface area contributed by atoms with E-state index in [1.165, 1.54) is 0 Å². The summed E-state index contributed by atoms with van der Waals surface area (Å²) in [7, 11) is -2.99. The summed E-state index contributed by atoms with van der Waals surface area (Å²) >= 11 is 0. The zero-order valence-corrected chi connectivity index (χ0v) is 12.1. The molecule has 19 heavy (non-hydrogen) atoms. The fourth-order valence-electron chi connectivity index (χ4n) is 1.33. The van der Waals surface area contributed by atoms with E-state index in [1.54, 1.807) is 6.92 Å². The molecule has 0 aliphatic carbocycles. The van der Waals surface area contributed by atoms with Crippen LogP contribution < -0.4 is 10.6 Å². The first-order valence-electron chi connectivity index (χ1n) is 6.14. The summed E-state index contributed by atoms with van der Waals surface area (Å²) in [4.78, 5) is 21.8. The Labute approximate surface area is 113 Å². The average Bonchev–Trinajstić information content (AvgIpc) is 2.28. The number of hydrogen-bond donors (Lipinski definition) is 3. The topological polar surface area (TPSA) is 113 Å². The predicted octanol–water partition coefficient (Wildman–Crippen LogP) is 0.221. The van der Waals surface area contributed by atoms with E-state index >= 15 is 0 Å². The molecule has 0 aromatic heterocycles. The van der Waals surface area contributed by atoms with Crippen molar-refractivity contribution >= 4 is 21.8 Å². The molecule has 7 nitrogen and oxygen atoms in total. The van der Waals surface area contributed by atoms with E-state index in [0.717, 1.165) is 6.26 Å². The van der Waals surface area contributed by atoms with Gasteiger partial charge in [-0.25, -0.2) is 13.2 Å². The van der Waals surface area contributed by atoms with Gasteiger partial charge in [0.05, 0.1) is 11.7 Å². The first-order valence-corrected chi connectivity index (χ1v) is 8.20. The molecule has 1 atom stereocenters. The highest BCUT2D eigenvalue weighted by Gasteiger charge is 2.10. The van der Waals surface area contributed by atoms with Gasteiger partial charge in [0.1, 0.15) is 9.84 Å². The fourth-order valence-corrected chi connectivity index (χ4v) is 2.00. The smallest absolute Gasteiger partial charge is 0.314 e. The van der Waals surface area contributed by atoms with Gasteiger partial charge < -0.3 is 15.7 Å². The van der Waals surface area contributed by atoms with Crippen LogP contribution in [0.15, 0.2) is 0 Å². The van der Waals surface area contributed by atoms with Crippen LogP contribution in [0.1, 0.15) is 26.2 Å². The maximum atomic E-state index is 11.3. The normalized spacial score (nSPS) is 12.7. The molecular weight excluding hydrogens is 272 g/mol. The molecule has 0 radical (unpaired) electrons. The molecule has 0 heterocycles. The molecule has 0 aromatic rings. The summed E-state index contributed by atoms with van der Waals surface area (Å²) in [6.45, 7) is 2.31. The van der Waals surface area contributed by atoms with Gasteiger partial charge in [-0.05, 0) is 19.3 Å². The Bertz CT molecular complexity index is 394. The zero-order chi connectivity index (χ0) is 14.9. The van der Waals surface area contributed by atoms with Crippen LogP contribution in [0.5, 0.6) is 0 Å². The molecule has 0 fully saturated rings. The lowest BCUT2D eigenvalue weighted by atomic mass is 10.1. The second-order valence-electron chi connectivity index (χ2n) is 4.55. The number of rotatable bonds is 9. The molecule has 112 valence electrons. The highest BCUT2D eigenvalue weighted by Crippen LogP contribution is 2.03. The Balaban J connectivity index is 3.53. The third-order valence-corrected chi connectivity index (χ3v) is 3.53. The first kappa shape index (κ1) is 17.7. The van der Waals surface area contributed by atoms with E-state index in [-0.39, 0.29) is 11.8 Å². The van der Waals surface area contributed by atoms with Gasteiger partial charge in [-0.15, -0.1) is 0 Å². The molecule has 1 unspecified atom stereocenters. The first-order chi connectivity index (χ1) is 8.72. The minimum atomic E-state index is -2.99. The molecule has 0 saturated heterocycles. The molecule has 0 spiro atoms. The number of aliphatic carboxylic acids is 1. The maximum absolute atomic E-state index is 11.3. The number of urea groups is 1. The molecule has 0 saturated carbocycles. The molecule has 0 aliphatic heterocycles. The summed E-state index contributed by atoms with van der Waals surface area (Å²) in [5.41, 5.74) is 0. The van der Waals surface area contributed by atoms with Crippen molar-refractivity contribution in [3.63, 3.8) is 0 Å². The minimum absolute atomic E-state index is 0.0450. The van der Waals surface area contributed by atoms with Crippen molar-refractivity contribution in [3.05, 3.63) is 0 Å². The van der Waals surface area contributed by atoms with Crippen molar-refractivity contribution in [1.82, 2.24) is 10.6 Å². The van der Waals surface area contributed by atoms with Gasteiger partial charge in [-0.1, -0.05) is 6.92 Å². The third-order valence-electron chi connectivity index (χ3n) is 2.50. The highest BCUT2D eigenvalue weighted by molar-refractivity contribution is 7.90. The SMILES string of the molecule is CC(CCCNC(=O)NCCCS(C)(=O)=O)C(=O)O. The molecule has 8 heteroatoms. The lowest BCUT2D eigenvalue weighted by molar-refractivity contribution is -0.141. The fraction of sp³-hybridized carbons (Fsp3) is 0.818. The van der Waals surface area contributed by atoms with Crippen molar-refractivity contribution in [2.45, 2.75) is 26.2 Å². The van der Waals surface area contributed by atoms with Gasteiger partial charge in [-0.2, -0.15) is 0 Å². The highest BCUT2D eigenvalue weighted by atomic mass is 32.2. The van der Waals surface area contributed by atoms with Crippen LogP contribution in [-0.4, -0.2) is 50.6 Å². The van der Waals surface area contributed by atoms with E-state index in [2.05, 4.69) is 10.6 Å². The Hall–Kier alpha value is -1.31. The van der Waals surface area contributed by atoms with Crippen LogP contribution in [0.25, 0.3) is 0 Å². The van der Waals surface area contributed by atoms with E-state index in [9.17, 15) is 18.0 Å². The third kappa shape index (κ3) is 11.5. The second-order valence-corrected chi connectivity index (χ2v) is 6.81. The Morgan fingerprint density at radius 1 is 1.16 bits per heavy atom. The number of carboxylic acid groups (broad SMARTS) is 1. The lowest BCUT2D eigenvalue weighted by Crippen LogP contribution is -2.37. The van der Waals surface area contributed by atoms with E-state index in [4.69, 9.17) is 5.11 Å². The monoisotopic (exact) mass is 294 g/mol. The van der Waals surface area contributed by atoms with Crippen LogP contribution in [-0.2, 0) is 14.6 Å². The van der Waals surface area contributed by atoms with Gasteiger partial charge in [0, 0.05) is 19.3 Å². The van der Waals surface area contributed by atoms with Gasteiger partial charge >= 0.3 is 12.0 Å². The number of amides is 2. The van der Waals surface area contributed by atoms with Crippen molar-refractivity contribution in [3.8, 4) is 0 Å². The van der Waals surface area contributed by atoms with Gasteiger partial charge in [0.2, 0.25) is 0 Å². The summed E-state index contributed by atoms with van der Waals surface area (Å²) < 4.78 is 21.7. The van der Waals surface area contributed by atoms with Crippen molar-refractivity contribution in [2.75, 3.05) is 25.1 Å². The van der Waals surface area contributed by atoms with Crippen molar-refractivity contribution in [1.29, 1.82) is 0 Å². The summed E-state index contributed by atoms with van der Waals surface area (Å²) in [5.74, 6) is -1.21. The largest absolute Gasteiger partial charge is 0.481 e. The summed E-state index contributed by atoms with van der Waals surface area (Å²) in [5, 5.41) is 13.8. The molecule has 3 N–H and O–H groups in total. The number of carbonyl (C=O) groups is 2. The van der Waals surface area contributed by atoms with Crippen LogP contribution in [0.3, 0.4) is 0 Å². The molecule has 0 bridgehead atoms. The van der Waals surface area contributed by atoms with Gasteiger partial charge in [0.15, 0.2) is 0 Å².